The number of rotatable bonds is 10. The molecule has 0 saturated carbocycles. The second-order valence-electron chi connectivity index (χ2n) is 7.20. The SMILES string of the molecule is CCC(CC)(CC)c1ccc(C(=O)O)c(C(CC)(CC)CC)c1C(=O)O. The van der Waals surface area contributed by atoms with E-state index >= 15 is 0 Å². The molecule has 146 valence electrons. The number of benzene rings is 1. The van der Waals surface area contributed by atoms with Crippen molar-refractivity contribution in [2.45, 2.75) is 90.9 Å². The Morgan fingerprint density at radius 3 is 1.46 bits per heavy atom. The van der Waals surface area contributed by atoms with Crippen LogP contribution < -0.4 is 0 Å². The molecule has 0 aliphatic carbocycles. The van der Waals surface area contributed by atoms with E-state index in [0.717, 1.165) is 24.8 Å². The van der Waals surface area contributed by atoms with Crippen molar-refractivity contribution in [2.24, 2.45) is 0 Å². The van der Waals surface area contributed by atoms with Crippen LogP contribution in [-0.4, -0.2) is 22.2 Å². The Labute approximate surface area is 157 Å². The summed E-state index contributed by atoms with van der Waals surface area (Å²) in [4.78, 5) is 24.4. The number of aromatic carboxylic acids is 2. The molecule has 0 bridgehead atoms. The van der Waals surface area contributed by atoms with E-state index in [2.05, 4.69) is 20.8 Å². The number of hydrogen-bond acceptors (Lipinski definition) is 2. The number of carboxylic acids is 2. The van der Waals surface area contributed by atoms with Crippen molar-refractivity contribution in [3.05, 3.63) is 34.4 Å². The van der Waals surface area contributed by atoms with Gasteiger partial charge in [0.1, 0.15) is 0 Å². The average molecular weight is 363 g/mol. The van der Waals surface area contributed by atoms with Crippen LogP contribution >= 0.6 is 0 Å². The van der Waals surface area contributed by atoms with Gasteiger partial charge in [0, 0.05) is 0 Å². The van der Waals surface area contributed by atoms with Gasteiger partial charge in [-0.1, -0.05) is 47.6 Å². The Balaban J connectivity index is 4.11. The van der Waals surface area contributed by atoms with Crippen LogP contribution in [0.2, 0.25) is 0 Å². The van der Waals surface area contributed by atoms with Crippen molar-refractivity contribution in [3.63, 3.8) is 0 Å². The van der Waals surface area contributed by atoms with Crippen molar-refractivity contribution < 1.29 is 19.8 Å². The third kappa shape index (κ3) is 3.51. The fourth-order valence-electron chi connectivity index (χ4n) is 4.60. The molecule has 4 heteroatoms. The lowest BCUT2D eigenvalue weighted by molar-refractivity contribution is 0.0687. The van der Waals surface area contributed by atoms with Crippen molar-refractivity contribution in [3.8, 4) is 0 Å². The van der Waals surface area contributed by atoms with Gasteiger partial charge in [-0.05, 0) is 66.5 Å². The van der Waals surface area contributed by atoms with E-state index in [1.54, 1.807) is 12.1 Å². The molecule has 4 nitrogen and oxygen atoms in total. The van der Waals surface area contributed by atoms with E-state index < -0.39 is 17.4 Å². The lowest BCUT2D eigenvalue weighted by Crippen LogP contribution is -2.33. The van der Waals surface area contributed by atoms with Crippen LogP contribution in [-0.2, 0) is 10.8 Å². The Morgan fingerprint density at radius 2 is 1.15 bits per heavy atom. The van der Waals surface area contributed by atoms with Gasteiger partial charge in [0.15, 0.2) is 0 Å². The molecule has 0 atom stereocenters. The first-order chi connectivity index (χ1) is 12.2. The molecule has 1 aromatic carbocycles. The molecule has 2 N–H and O–H groups in total. The molecule has 0 fully saturated rings. The van der Waals surface area contributed by atoms with Crippen molar-refractivity contribution >= 4 is 11.9 Å². The molecule has 0 aliphatic heterocycles. The maximum Gasteiger partial charge on any atom is 0.336 e. The number of hydrogen-bond donors (Lipinski definition) is 2. The van der Waals surface area contributed by atoms with Crippen LogP contribution in [0.1, 0.15) is 112 Å². The normalized spacial score (nSPS) is 12.2. The van der Waals surface area contributed by atoms with E-state index in [9.17, 15) is 19.8 Å². The number of carboxylic acid groups (broad SMARTS) is 2. The lowest BCUT2D eigenvalue weighted by Gasteiger charge is -2.38. The molecule has 1 rings (SSSR count). The minimum atomic E-state index is -1.05. The van der Waals surface area contributed by atoms with E-state index in [1.807, 2.05) is 20.8 Å². The van der Waals surface area contributed by atoms with Gasteiger partial charge in [-0.25, -0.2) is 9.59 Å². The van der Waals surface area contributed by atoms with Crippen LogP contribution in [0.25, 0.3) is 0 Å². The van der Waals surface area contributed by atoms with E-state index in [4.69, 9.17) is 0 Å². The zero-order valence-electron chi connectivity index (χ0n) is 17.1. The Bertz CT molecular complexity index is 636. The minimum Gasteiger partial charge on any atom is -0.478 e. The lowest BCUT2D eigenvalue weighted by atomic mass is 9.65. The maximum absolute atomic E-state index is 12.4. The van der Waals surface area contributed by atoms with Gasteiger partial charge >= 0.3 is 11.9 Å². The highest BCUT2D eigenvalue weighted by atomic mass is 16.4. The third-order valence-electron chi connectivity index (χ3n) is 6.81. The monoisotopic (exact) mass is 362 g/mol. The summed E-state index contributed by atoms with van der Waals surface area (Å²) in [5.74, 6) is -2.07. The fourth-order valence-corrected chi connectivity index (χ4v) is 4.60. The molecule has 0 spiro atoms. The third-order valence-corrected chi connectivity index (χ3v) is 6.81. The van der Waals surface area contributed by atoms with Crippen molar-refractivity contribution in [1.82, 2.24) is 0 Å². The highest BCUT2D eigenvalue weighted by Crippen LogP contribution is 2.45. The van der Waals surface area contributed by atoms with Gasteiger partial charge in [0.2, 0.25) is 0 Å². The summed E-state index contributed by atoms with van der Waals surface area (Å²) in [5.41, 5.74) is 0.966. The number of carbonyl (C=O) groups is 2. The minimum absolute atomic E-state index is 0.133. The summed E-state index contributed by atoms with van der Waals surface area (Å²) in [5, 5.41) is 20.0. The van der Waals surface area contributed by atoms with Gasteiger partial charge < -0.3 is 10.2 Å². The first-order valence-electron chi connectivity index (χ1n) is 9.88. The molecule has 0 aromatic heterocycles. The smallest absolute Gasteiger partial charge is 0.336 e. The summed E-state index contributed by atoms with van der Waals surface area (Å²) >= 11 is 0. The Hall–Kier alpha value is -1.84. The van der Waals surface area contributed by atoms with E-state index in [0.29, 0.717) is 24.8 Å². The molecule has 0 saturated heterocycles. The molecule has 0 aliphatic rings. The van der Waals surface area contributed by atoms with Gasteiger partial charge in [-0.2, -0.15) is 0 Å². The summed E-state index contributed by atoms with van der Waals surface area (Å²) in [6.45, 7) is 12.3. The molecular weight excluding hydrogens is 328 g/mol. The Morgan fingerprint density at radius 1 is 0.731 bits per heavy atom. The predicted octanol–water partition coefficient (Wildman–Crippen LogP) is 6.02. The average Bonchev–Trinajstić information content (AvgIpc) is 2.65. The molecule has 1 aromatic rings. The van der Waals surface area contributed by atoms with Gasteiger partial charge in [0.25, 0.3) is 0 Å². The zero-order chi connectivity index (χ0) is 20.1. The second-order valence-corrected chi connectivity index (χ2v) is 7.20. The molecule has 0 radical (unpaired) electrons. The topological polar surface area (TPSA) is 74.6 Å². The maximum atomic E-state index is 12.4. The van der Waals surface area contributed by atoms with Crippen LogP contribution in [0.5, 0.6) is 0 Å². The molecule has 0 unspecified atom stereocenters. The van der Waals surface area contributed by atoms with Gasteiger partial charge in [-0.15, -0.1) is 0 Å². The Kier molecular flexibility index (Phi) is 7.43. The molecular formula is C22H34O4. The fraction of sp³-hybridized carbons (Fsp3) is 0.636. The van der Waals surface area contributed by atoms with Crippen LogP contribution in [0, 0.1) is 0 Å². The van der Waals surface area contributed by atoms with Crippen LogP contribution in [0.3, 0.4) is 0 Å². The van der Waals surface area contributed by atoms with Crippen LogP contribution in [0.15, 0.2) is 12.1 Å². The van der Waals surface area contributed by atoms with Crippen LogP contribution in [0.4, 0.5) is 0 Å². The first-order valence-corrected chi connectivity index (χ1v) is 9.88. The molecule has 0 heterocycles. The summed E-state index contributed by atoms with van der Waals surface area (Å²) in [6, 6.07) is 3.38. The summed E-state index contributed by atoms with van der Waals surface area (Å²) < 4.78 is 0. The standard InChI is InChI=1S/C22H34O4/c1-7-21(8-2,9-3)16-14-13-15(19(23)24)18(17(16)20(25)26)22(10-4,11-5)12-6/h13-14H,7-12H2,1-6H3,(H,23,24)(H,25,26). The van der Waals surface area contributed by atoms with Crippen molar-refractivity contribution in [2.75, 3.05) is 0 Å². The quantitative estimate of drug-likeness (QED) is 0.534. The summed E-state index contributed by atoms with van der Waals surface area (Å²) in [7, 11) is 0. The van der Waals surface area contributed by atoms with Crippen molar-refractivity contribution in [1.29, 1.82) is 0 Å². The first kappa shape index (κ1) is 22.2. The summed E-state index contributed by atoms with van der Waals surface area (Å²) in [6.07, 6.45) is 4.60. The highest BCUT2D eigenvalue weighted by molar-refractivity contribution is 5.99. The van der Waals surface area contributed by atoms with E-state index in [-0.39, 0.29) is 16.5 Å². The zero-order valence-corrected chi connectivity index (χ0v) is 17.1. The molecule has 0 amide bonds. The predicted molar refractivity (Wildman–Crippen MR) is 105 cm³/mol. The molecule has 26 heavy (non-hydrogen) atoms. The van der Waals surface area contributed by atoms with Gasteiger partial charge in [-0.3, -0.25) is 0 Å². The van der Waals surface area contributed by atoms with Gasteiger partial charge in [0.05, 0.1) is 11.1 Å². The largest absolute Gasteiger partial charge is 0.478 e. The van der Waals surface area contributed by atoms with E-state index in [1.165, 1.54) is 0 Å². The second kappa shape index (κ2) is 8.70. The highest BCUT2D eigenvalue weighted by Gasteiger charge is 2.40.